The molecule has 6 aromatic carbocycles. The van der Waals surface area contributed by atoms with Crippen LogP contribution in [0.25, 0.3) is 11.1 Å². The van der Waals surface area contributed by atoms with Gasteiger partial charge in [0.05, 0.1) is 11.1 Å². The fraction of sp³-hybridized carbons (Fsp3) is 0.130. The van der Waals surface area contributed by atoms with E-state index in [-0.39, 0.29) is 22.6 Å². The second-order valence-corrected chi connectivity index (χ2v) is 12.4. The van der Waals surface area contributed by atoms with E-state index < -0.39 is 46.3 Å². The number of hydrogen-bond acceptors (Lipinski definition) is 6. The van der Waals surface area contributed by atoms with Crippen LogP contribution in [-0.4, -0.2) is 11.9 Å². The zero-order valence-corrected chi connectivity index (χ0v) is 31.0. The number of rotatable bonds is 7. The molecule has 0 N–H and O–H groups in total. The molecular weight excluding hydrogens is 721 g/mol. The Hall–Kier alpha value is -7.04. The molecule has 282 valence electrons. The first-order valence-electron chi connectivity index (χ1n) is 17.4. The lowest BCUT2D eigenvalue weighted by Gasteiger charge is -2.07. The Morgan fingerprint density at radius 3 is 1.11 bits per heavy atom. The topological polar surface area (TPSA) is 100 Å². The Bertz CT molecular complexity index is 2330. The fourth-order valence-electron chi connectivity index (χ4n) is 5.01. The van der Waals surface area contributed by atoms with Gasteiger partial charge in [0.1, 0.15) is 58.0 Å². The van der Waals surface area contributed by atoms with Crippen LogP contribution in [0.1, 0.15) is 67.9 Å². The minimum Gasteiger partial charge on any atom is -0.423 e. The molecular formula is C46H36F4N2O4. The van der Waals surface area contributed by atoms with E-state index in [1.165, 1.54) is 28.8 Å². The normalized spacial score (nSPS) is 10.0. The van der Waals surface area contributed by atoms with Crippen molar-refractivity contribution in [3.8, 4) is 34.8 Å². The number of carbonyl (C=O) groups is 2. The molecule has 10 heteroatoms. The minimum absolute atomic E-state index is 0.245. The van der Waals surface area contributed by atoms with E-state index in [2.05, 4.69) is 45.0 Å². The third kappa shape index (κ3) is 11.5. The highest BCUT2D eigenvalue weighted by Crippen LogP contribution is 2.24. The van der Waals surface area contributed by atoms with Crippen LogP contribution in [0.4, 0.5) is 17.6 Å². The van der Waals surface area contributed by atoms with E-state index in [0.717, 1.165) is 53.8 Å². The van der Waals surface area contributed by atoms with Gasteiger partial charge in [0.25, 0.3) is 0 Å². The van der Waals surface area contributed by atoms with E-state index in [1.807, 2.05) is 31.2 Å². The zero-order chi connectivity index (χ0) is 40.8. The van der Waals surface area contributed by atoms with Gasteiger partial charge in [-0.3, -0.25) is 0 Å². The summed E-state index contributed by atoms with van der Waals surface area (Å²) in [5.74, 6) is -6.35. The summed E-state index contributed by atoms with van der Waals surface area (Å²) >= 11 is 0. The molecule has 0 saturated heterocycles. The van der Waals surface area contributed by atoms with Gasteiger partial charge in [0.15, 0.2) is 0 Å². The minimum atomic E-state index is -1.08. The summed E-state index contributed by atoms with van der Waals surface area (Å²) < 4.78 is 63.8. The van der Waals surface area contributed by atoms with Gasteiger partial charge in [-0.05, 0) is 73.2 Å². The van der Waals surface area contributed by atoms with E-state index in [4.69, 9.17) is 20.0 Å². The lowest BCUT2D eigenvalue weighted by molar-refractivity contribution is 0.0724. The van der Waals surface area contributed by atoms with Crippen molar-refractivity contribution in [2.75, 3.05) is 0 Å². The maximum Gasteiger partial charge on any atom is 0.343 e. The van der Waals surface area contributed by atoms with Crippen molar-refractivity contribution in [2.24, 2.45) is 0 Å². The second kappa shape index (κ2) is 19.9. The number of hydrogen-bond donors (Lipinski definition) is 0. The van der Waals surface area contributed by atoms with Crippen molar-refractivity contribution < 1.29 is 36.6 Å². The highest BCUT2D eigenvalue weighted by atomic mass is 19.1. The number of halogens is 4. The number of ether oxygens (including phenoxy) is 2. The Labute approximate surface area is 322 Å². The molecule has 0 aliphatic rings. The predicted molar refractivity (Wildman–Crippen MR) is 205 cm³/mol. The first-order valence-corrected chi connectivity index (χ1v) is 17.4. The highest BCUT2D eigenvalue weighted by molar-refractivity contribution is 5.92. The van der Waals surface area contributed by atoms with Crippen LogP contribution >= 0.6 is 0 Å². The molecule has 0 amide bonds. The van der Waals surface area contributed by atoms with Gasteiger partial charge in [-0.25, -0.2) is 27.2 Å². The molecule has 6 aromatic rings. The van der Waals surface area contributed by atoms with Crippen molar-refractivity contribution in [1.82, 2.24) is 0 Å². The van der Waals surface area contributed by atoms with Gasteiger partial charge in [-0.2, -0.15) is 10.5 Å². The zero-order valence-electron chi connectivity index (χ0n) is 31.0. The van der Waals surface area contributed by atoms with Crippen LogP contribution in [0.2, 0.25) is 0 Å². The molecule has 0 radical (unpaired) electrons. The monoisotopic (exact) mass is 756 g/mol. The van der Waals surface area contributed by atoms with Crippen molar-refractivity contribution in [2.45, 2.75) is 40.5 Å². The average Bonchev–Trinajstić information content (AvgIpc) is 3.19. The molecule has 0 spiro atoms. The summed E-state index contributed by atoms with van der Waals surface area (Å²) in [7, 11) is 0. The first-order chi connectivity index (χ1) is 26.8. The van der Waals surface area contributed by atoms with Crippen molar-refractivity contribution in [3.63, 3.8) is 0 Å². The van der Waals surface area contributed by atoms with Gasteiger partial charge < -0.3 is 9.47 Å². The average molecular weight is 757 g/mol. The van der Waals surface area contributed by atoms with Crippen molar-refractivity contribution >= 4 is 11.9 Å². The van der Waals surface area contributed by atoms with Gasteiger partial charge in [0, 0.05) is 24.3 Å². The van der Waals surface area contributed by atoms with E-state index in [0.29, 0.717) is 0 Å². The van der Waals surface area contributed by atoms with Gasteiger partial charge in [0.2, 0.25) is 0 Å². The Kier molecular flexibility index (Phi) is 14.8. The quantitative estimate of drug-likeness (QED) is 0.0913. The van der Waals surface area contributed by atoms with Crippen LogP contribution in [0.3, 0.4) is 0 Å². The number of esters is 2. The Balaban J connectivity index is 0.000000209. The molecule has 0 aliphatic heterocycles. The van der Waals surface area contributed by atoms with Crippen LogP contribution in [-0.2, 0) is 12.8 Å². The van der Waals surface area contributed by atoms with E-state index in [9.17, 15) is 27.2 Å². The van der Waals surface area contributed by atoms with Crippen LogP contribution in [0.5, 0.6) is 11.5 Å². The van der Waals surface area contributed by atoms with E-state index >= 15 is 0 Å². The maximum absolute atomic E-state index is 13.6. The third-order valence-corrected chi connectivity index (χ3v) is 8.31. The molecule has 0 aliphatic carbocycles. The largest absolute Gasteiger partial charge is 0.423 e. The molecule has 6 rings (SSSR count). The molecule has 0 bridgehead atoms. The van der Waals surface area contributed by atoms with Gasteiger partial charge in [-0.1, -0.05) is 97.8 Å². The Morgan fingerprint density at radius 2 is 0.786 bits per heavy atom. The summed E-state index contributed by atoms with van der Waals surface area (Å²) in [6.45, 7) is 8.23. The molecule has 0 unspecified atom stereocenters. The molecule has 0 aromatic heterocycles. The summed E-state index contributed by atoms with van der Waals surface area (Å²) in [5.41, 5.74) is 6.00. The Morgan fingerprint density at radius 1 is 0.500 bits per heavy atom. The SMILES string of the molecule is CCc1ccc(-c2ccc(C(=O)Oc3cc(F)c(C#N)c(F)c3)cc2)cc1.CCc1ccc(C)cc1.Cc1ccc(C(=O)Oc2cc(F)c(C#N)c(F)c2)cc1. The summed E-state index contributed by atoms with van der Waals surface area (Å²) in [4.78, 5) is 24.0. The fourth-order valence-corrected chi connectivity index (χ4v) is 5.01. The van der Waals surface area contributed by atoms with Crippen molar-refractivity contribution in [3.05, 3.63) is 189 Å². The van der Waals surface area contributed by atoms with Crippen LogP contribution in [0.15, 0.2) is 121 Å². The molecule has 0 atom stereocenters. The smallest absolute Gasteiger partial charge is 0.343 e. The lowest BCUT2D eigenvalue weighted by atomic mass is 10.0. The third-order valence-electron chi connectivity index (χ3n) is 8.31. The second-order valence-electron chi connectivity index (χ2n) is 12.4. The number of carbonyl (C=O) groups excluding carboxylic acids is 2. The van der Waals surface area contributed by atoms with E-state index in [1.54, 1.807) is 48.5 Å². The van der Waals surface area contributed by atoms with Gasteiger partial charge in [-0.15, -0.1) is 0 Å². The van der Waals surface area contributed by atoms with Crippen LogP contribution in [0, 0.1) is 59.8 Å². The molecule has 0 saturated carbocycles. The number of benzene rings is 6. The lowest BCUT2D eigenvalue weighted by Crippen LogP contribution is -2.09. The van der Waals surface area contributed by atoms with Gasteiger partial charge >= 0.3 is 11.9 Å². The van der Waals surface area contributed by atoms with Crippen LogP contribution < -0.4 is 9.47 Å². The molecule has 0 fully saturated rings. The first kappa shape index (κ1) is 41.7. The standard InChI is InChI=1S/C22H15F2NO2.C15H9F2NO2.C9H12/c1-2-14-3-5-15(6-4-14)16-7-9-17(10-8-16)22(26)27-18-11-20(23)19(13-25)21(24)12-18;1-9-2-4-10(5-3-9)15(19)20-11-6-13(16)12(8-18)14(17)7-11;1-3-9-6-4-8(2)5-7-9/h3-12H,2H2,1H3;2-7H,1H3;4-7H,3H2,1-2H3. The summed E-state index contributed by atoms with van der Waals surface area (Å²) in [6.07, 6.45) is 2.10. The molecule has 0 heterocycles. The number of nitriles is 2. The molecule has 6 nitrogen and oxygen atoms in total. The summed E-state index contributed by atoms with van der Waals surface area (Å²) in [5, 5.41) is 17.2. The molecule has 56 heavy (non-hydrogen) atoms. The number of nitrogens with zero attached hydrogens (tertiary/aromatic N) is 2. The summed E-state index contributed by atoms with van der Waals surface area (Å²) in [6, 6.07) is 36.0. The predicted octanol–water partition coefficient (Wildman–Crippen LogP) is 11.2. The van der Waals surface area contributed by atoms with Crippen molar-refractivity contribution in [1.29, 1.82) is 10.5 Å². The highest BCUT2D eigenvalue weighted by Gasteiger charge is 2.16. The maximum atomic E-state index is 13.6. The number of aryl methyl sites for hydroxylation is 4.